The Labute approximate surface area is 115 Å². The summed E-state index contributed by atoms with van der Waals surface area (Å²) in [7, 11) is 0. The molecule has 0 radical (unpaired) electrons. The number of rotatable bonds is 4. The summed E-state index contributed by atoms with van der Waals surface area (Å²) in [6.07, 6.45) is 0. The van der Waals surface area contributed by atoms with Crippen LogP contribution in [0.1, 0.15) is 22.8 Å². The van der Waals surface area contributed by atoms with Crippen molar-refractivity contribution < 1.29 is 9.53 Å². The molecular weight excluding hydrogens is 292 g/mol. The van der Waals surface area contributed by atoms with E-state index in [1.54, 1.807) is 13.0 Å². The third-order valence-corrected chi connectivity index (χ3v) is 3.26. The molecule has 2 rings (SSSR count). The van der Waals surface area contributed by atoms with Gasteiger partial charge in [-0.05, 0) is 30.7 Å². The molecule has 2 nitrogen and oxygen atoms in total. The van der Waals surface area contributed by atoms with E-state index in [0.717, 1.165) is 10.0 Å². The van der Waals surface area contributed by atoms with Gasteiger partial charge < -0.3 is 4.74 Å². The van der Waals surface area contributed by atoms with Gasteiger partial charge in [0.2, 0.25) is 0 Å². The lowest BCUT2D eigenvalue weighted by Gasteiger charge is -2.08. The van der Waals surface area contributed by atoms with Crippen LogP contribution in [0.4, 0.5) is 0 Å². The topological polar surface area (TPSA) is 26.3 Å². The molecule has 0 fully saturated rings. The van der Waals surface area contributed by atoms with Crippen LogP contribution in [0.2, 0.25) is 0 Å². The van der Waals surface area contributed by atoms with Gasteiger partial charge in [0.05, 0.1) is 0 Å². The Kier molecular flexibility index (Phi) is 4.15. The van der Waals surface area contributed by atoms with Gasteiger partial charge in [0.1, 0.15) is 12.4 Å². The van der Waals surface area contributed by atoms with Crippen molar-refractivity contribution in [2.75, 3.05) is 0 Å². The first-order chi connectivity index (χ1) is 8.66. The summed E-state index contributed by atoms with van der Waals surface area (Å²) in [4.78, 5) is 11.4. The fourth-order valence-electron chi connectivity index (χ4n) is 1.60. The monoisotopic (exact) mass is 304 g/mol. The second kappa shape index (κ2) is 5.83. The minimum Gasteiger partial charge on any atom is -0.489 e. The third-order valence-electron chi connectivity index (χ3n) is 2.57. The molecule has 0 aromatic heterocycles. The summed E-state index contributed by atoms with van der Waals surface area (Å²) in [6.45, 7) is 2.04. The summed E-state index contributed by atoms with van der Waals surface area (Å²) in [5, 5.41) is 0. The van der Waals surface area contributed by atoms with E-state index in [1.807, 2.05) is 42.5 Å². The Balaban J connectivity index is 2.11. The Bertz CT molecular complexity index is 550. The number of carbonyl (C=O) groups excluding carboxylic acids is 1. The summed E-state index contributed by atoms with van der Waals surface area (Å²) in [5.74, 6) is 0.722. The van der Waals surface area contributed by atoms with E-state index in [1.165, 1.54) is 0 Å². The first-order valence-electron chi connectivity index (χ1n) is 5.64. The average Bonchev–Trinajstić information content (AvgIpc) is 2.38. The van der Waals surface area contributed by atoms with Gasteiger partial charge in [0.25, 0.3) is 0 Å². The second-order valence-corrected chi connectivity index (χ2v) is 4.83. The SMILES string of the molecule is CC(=O)c1cc(OCc2ccccc2)ccc1Br. The highest BCUT2D eigenvalue weighted by atomic mass is 79.9. The minimum atomic E-state index is 0.0204. The summed E-state index contributed by atoms with van der Waals surface area (Å²) < 4.78 is 6.46. The molecule has 92 valence electrons. The minimum absolute atomic E-state index is 0.0204. The third kappa shape index (κ3) is 3.20. The molecule has 18 heavy (non-hydrogen) atoms. The molecule has 0 unspecified atom stereocenters. The molecule has 0 aliphatic carbocycles. The standard InChI is InChI=1S/C15H13BrO2/c1-11(17)14-9-13(7-8-15(14)16)18-10-12-5-3-2-4-6-12/h2-9H,10H2,1H3. The fourth-order valence-corrected chi connectivity index (χ4v) is 2.13. The second-order valence-electron chi connectivity index (χ2n) is 3.97. The lowest BCUT2D eigenvalue weighted by atomic mass is 10.1. The zero-order valence-electron chi connectivity index (χ0n) is 10.0. The normalized spacial score (nSPS) is 10.1. The maximum Gasteiger partial charge on any atom is 0.161 e. The van der Waals surface area contributed by atoms with Crippen LogP contribution >= 0.6 is 15.9 Å². The van der Waals surface area contributed by atoms with Gasteiger partial charge in [-0.2, -0.15) is 0 Å². The zero-order chi connectivity index (χ0) is 13.0. The van der Waals surface area contributed by atoms with Crippen molar-refractivity contribution in [2.45, 2.75) is 13.5 Å². The molecule has 2 aromatic carbocycles. The number of hydrogen-bond acceptors (Lipinski definition) is 2. The van der Waals surface area contributed by atoms with Crippen LogP contribution < -0.4 is 4.74 Å². The molecule has 2 aromatic rings. The van der Waals surface area contributed by atoms with Gasteiger partial charge >= 0.3 is 0 Å². The fraction of sp³-hybridized carbons (Fsp3) is 0.133. The molecular formula is C15H13BrO2. The Morgan fingerprint density at radius 1 is 1.17 bits per heavy atom. The molecule has 0 heterocycles. The number of carbonyl (C=O) groups is 1. The number of halogens is 1. The van der Waals surface area contributed by atoms with E-state index >= 15 is 0 Å². The van der Waals surface area contributed by atoms with E-state index in [2.05, 4.69) is 15.9 Å². The summed E-state index contributed by atoms with van der Waals surface area (Å²) in [5.41, 5.74) is 1.74. The van der Waals surface area contributed by atoms with Crippen molar-refractivity contribution in [1.29, 1.82) is 0 Å². The van der Waals surface area contributed by atoms with Crippen LogP contribution in [0.3, 0.4) is 0 Å². The highest BCUT2D eigenvalue weighted by Crippen LogP contribution is 2.23. The van der Waals surface area contributed by atoms with Crippen LogP contribution in [0.25, 0.3) is 0 Å². The largest absolute Gasteiger partial charge is 0.489 e. The quantitative estimate of drug-likeness (QED) is 0.790. The molecule has 0 saturated heterocycles. The number of ether oxygens (including phenoxy) is 1. The van der Waals surface area contributed by atoms with Crippen LogP contribution in [0.15, 0.2) is 53.0 Å². The van der Waals surface area contributed by atoms with Gasteiger partial charge in [0.15, 0.2) is 5.78 Å². The predicted octanol–water partition coefficient (Wildman–Crippen LogP) is 4.23. The predicted molar refractivity (Wildman–Crippen MR) is 74.9 cm³/mol. The van der Waals surface area contributed by atoms with Crippen molar-refractivity contribution in [3.05, 3.63) is 64.1 Å². The molecule has 0 spiro atoms. The summed E-state index contributed by atoms with van der Waals surface area (Å²) in [6, 6.07) is 15.4. The first-order valence-corrected chi connectivity index (χ1v) is 6.43. The van der Waals surface area contributed by atoms with E-state index in [-0.39, 0.29) is 5.78 Å². The van der Waals surface area contributed by atoms with Crippen molar-refractivity contribution >= 4 is 21.7 Å². The van der Waals surface area contributed by atoms with Gasteiger partial charge in [-0.3, -0.25) is 4.79 Å². The Morgan fingerprint density at radius 3 is 2.56 bits per heavy atom. The number of ketones is 1. The van der Waals surface area contributed by atoms with Crippen LogP contribution in [0, 0.1) is 0 Å². The maximum absolute atomic E-state index is 11.4. The van der Waals surface area contributed by atoms with Crippen LogP contribution in [-0.4, -0.2) is 5.78 Å². The zero-order valence-corrected chi connectivity index (χ0v) is 11.6. The molecule has 0 atom stereocenters. The van der Waals surface area contributed by atoms with E-state index < -0.39 is 0 Å². The molecule has 0 bridgehead atoms. The molecule has 3 heteroatoms. The van der Waals surface area contributed by atoms with Gasteiger partial charge in [-0.15, -0.1) is 0 Å². The number of Topliss-reactive ketones (excluding diaryl/α,β-unsaturated/α-hetero) is 1. The molecule has 0 saturated carbocycles. The van der Waals surface area contributed by atoms with E-state index in [0.29, 0.717) is 17.9 Å². The maximum atomic E-state index is 11.4. The van der Waals surface area contributed by atoms with Gasteiger partial charge in [0, 0.05) is 10.0 Å². The summed E-state index contributed by atoms with van der Waals surface area (Å²) >= 11 is 3.35. The van der Waals surface area contributed by atoms with Crippen LogP contribution in [-0.2, 0) is 6.61 Å². The van der Waals surface area contributed by atoms with E-state index in [4.69, 9.17) is 4.74 Å². The smallest absolute Gasteiger partial charge is 0.161 e. The van der Waals surface area contributed by atoms with Gasteiger partial charge in [-0.25, -0.2) is 0 Å². The highest BCUT2D eigenvalue weighted by Gasteiger charge is 2.06. The van der Waals surface area contributed by atoms with Crippen molar-refractivity contribution in [3.63, 3.8) is 0 Å². The lowest BCUT2D eigenvalue weighted by molar-refractivity contribution is 0.101. The van der Waals surface area contributed by atoms with Crippen molar-refractivity contribution in [3.8, 4) is 5.75 Å². The number of hydrogen-bond donors (Lipinski definition) is 0. The van der Waals surface area contributed by atoms with Crippen molar-refractivity contribution in [2.24, 2.45) is 0 Å². The number of benzene rings is 2. The Morgan fingerprint density at radius 2 is 1.89 bits per heavy atom. The van der Waals surface area contributed by atoms with E-state index in [9.17, 15) is 4.79 Å². The molecule has 0 amide bonds. The molecule has 0 aliphatic rings. The Hall–Kier alpha value is -1.61. The average molecular weight is 305 g/mol. The molecule has 0 aliphatic heterocycles. The first kappa shape index (κ1) is 12.8. The van der Waals surface area contributed by atoms with Crippen LogP contribution in [0.5, 0.6) is 5.75 Å². The lowest BCUT2D eigenvalue weighted by Crippen LogP contribution is -1.98. The molecule has 0 N–H and O–H groups in total. The van der Waals surface area contributed by atoms with Gasteiger partial charge in [-0.1, -0.05) is 46.3 Å². The van der Waals surface area contributed by atoms with Crippen molar-refractivity contribution in [1.82, 2.24) is 0 Å². The highest BCUT2D eigenvalue weighted by molar-refractivity contribution is 9.10.